The molecule has 0 saturated carbocycles. The molecule has 0 aromatic rings. The minimum absolute atomic E-state index is 0.0414. The number of ether oxygens (including phenoxy) is 2. The van der Waals surface area contributed by atoms with Crippen molar-refractivity contribution >= 4 is 19.8 Å². The summed E-state index contributed by atoms with van der Waals surface area (Å²) in [6.45, 7) is 4.02. The van der Waals surface area contributed by atoms with Gasteiger partial charge in [-0.3, -0.25) is 14.2 Å². The van der Waals surface area contributed by atoms with E-state index in [-0.39, 0.29) is 26.1 Å². The molecule has 0 amide bonds. The van der Waals surface area contributed by atoms with Crippen LogP contribution in [-0.2, 0) is 32.7 Å². The molecular weight excluding hydrogens is 701 g/mol. The van der Waals surface area contributed by atoms with E-state index in [1.807, 2.05) is 51.5 Å². The van der Waals surface area contributed by atoms with Crippen LogP contribution in [0.2, 0.25) is 0 Å². The van der Waals surface area contributed by atoms with Crippen molar-refractivity contribution in [2.45, 2.75) is 161 Å². The molecule has 0 aromatic carbocycles. The first-order valence-corrected chi connectivity index (χ1v) is 22.5. The van der Waals surface area contributed by atoms with Crippen molar-refractivity contribution in [2.75, 3.05) is 47.5 Å². The maximum atomic E-state index is 12.6. The van der Waals surface area contributed by atoms with E-state index in [4.69, 9.17) is 18.5 Å². The Morgan fingerprint density at radius 3 is 1.67 bits per heavy atom. The summed E-state index contributed by atoms with van der Waals surface area (Å²) in [5.74, 6) is -0.892. The third-order valence-corrected chi connectivity index (χ3v) is 9.58. The Balaban J connectivity index is 4.47. The molecular formula is C44H78NO8P. The summed E-state index contributed by atoms with van der Waals surface area (Å²) in [6, 6.07) is 0. The molecule has 0 saturated heterocycles. The highest BCUT2D eigenvalue weighted by Gasteiger charge is 2.21. The lowest BCUT2D eigenvalue weighted by Gasteiger charge is -2.28. The van der Waals surface area contributed by atoms with E-state index in [0.29, 0.717) is 23.9 Å². The second-order valence-electron chi connectivity index (χ2n) is 15.1. The summed E-state index contributed by atoms with van der Waals surface area (Å²) >= 11 is 0. The van der Waals surface area contributed by atoms with Crippen molar-refractivity contribution in [1.82, 2.24) is 0 Å². The monoisotopic (exact) mass is 780 g/mol. The van der Waals surface area contributed by atoms with Crippen molar-refractivity contribution in [2.24, 2.45) is 0 Å². The highest BCUT2D eigenvalue weighted by atomic mass is 31.2. The number of phosphoric acid groups is 1. The van der Waals surface area contributed by atoms with Crippen LogP contribution in [0.4, 0.5) is 0 Å². The largest absolute Gasteiger partial charge is 0.756 e. The summed E-state index contributed by atoms with van der Waals surface area (Å²) in [6.07, 6.45) is 42.5. The van der Waals surface area contributed by atoms with Gasteiger partial charge in [0.1, 0.15) is 19.8 Å². The van der Waals surface area contributed by atoms with Gasteiger partial charge >= 0.3 is 11.9 Å². The summed E-state index contributed by atoms with van der Waals surface area (Å²) in [7, 11) is 1.13. The van der Waals surface area contributed by atoms with Crippen molar-refractivity contribution in [3.05, 3.63) is 60.8 Å². The SMILES string of the molecule is CC/C=C/C=C/C=C/C=C/CCCCCCCC(=O)O[C@H](COC(=O)CCCC/C=C/CCCCCCCCCCC)COP(=O)([O-])OCC[N+](C)(C)C. The number of hydrogen-bond donors (Lipinski definition) is 0. The van der Waals surface area contributed by atoms with Crippen LogP contribution in [0.1, 0.15) is 155 Å². The number of nitrogens with zero attached hydrogens (tertiary/aromatic N) is 1. The van der Waals surface area contributed by atoms with Gasteiger partial charge in [0.15, 0.2) is 6.10 Å². The van der Waals surface area contributed by atoms with Crippen molar-refractivity contribution in [3.63, 3.8) is 0 Å². The molecule has 0 aliphatic heterocycles. The standard InChI is InChI=1S/C44H78NO8P/c1-6-8-10-12-14-16-18-20-22-24-26-28-30-32-34-36-43(46)50-40-42(41-52-54(48,49)51-39-38-45(3,4)5)53-44(47)37-35-33-31-29-27-25-23-21-19-17-15-13-11-9-7-2/h9,11,13,15,17,19,21,23,26,28,42H,6-8,10,12,14,16,18,20,22,24-25,27,29-41H2,1-5H3/b11-9+,15-13+,19-17+,23-21+,28-26+/t42-/m1/s1. The van der Waals surface area contributed by atoms with Crippen LogP contribution in [0.3, 0.4) is 0 Å². The zero-order chi connectivity index (χ0) is 40.0. The Morgan fingerprint density at radius 1 is 0.593 bits per heavy atom. The molecule has 0 spiro atoms. The van der Waals surface area contributed by atoms with Crippen LogP contribution in [0.15, 0.2) is 60.8 Å². The lowest BCUT2D eigenvalue weighted by atomic mass is 10.1. The summed E-state index contributed by atoms with van der Waals surface area (Å²) in [5, 5.41) is 0. The first-order chi connectivity index (χ1) is 26.0. The Labute approximate surface area is 330 Å². The van der Waals surface area contributed by atoms with Crippen LogP contribution >= 0.6 is 7.82 Å². The molecule has 0 radical (unpaired) electrons. The molecule has 312 valence electrons. The van der Waals surface area contributed by atoms with Crippen molar-refractivity contribution in [3.8, 4) is 0 Å². The Kier molecular flexibility index (Phi) is 34.8. The van der Waals surface area contributed by atoms with Crippen LogP contribution < -0.4 is 4.89 Å². The number of quaternary nitrogens is 1. The quantitative estimate of drug-likeness (QED) is 0.0153. The number of unbranched alkanes of at least 4 members (excludes halogenated alkanes) is 16. The molecule has 0 fully saturated rings. The summed E-state index contributed by atoms with van der Waals surface area (Å²) < 4.78 is 33.8. The van der Waals surface area contributed by atoms with Gasteiger partial charge in [0.25, 0.3) is 7.82 Å². The maximum Gasteiger partial charge on any atom is 0.306 e. The molecule has 0 aromatic heterocycles. The average Bonchev–Trinajstić information content (AvgIpc) is 3.12. The fraction of sp³-hybridized carbons (Fsp3) is 0.727. The molecule has 1 unspecified atom stereocenters. The van der Waals surface area contributed by atoms with E-state index in [0.717, 1.165) is 57.8 Å². The molecule has 0 bridgehead atoms. The smallest absolute Gasteiger partial charge is 0.306 e. The highest BCUT2D eigenvalue weighted by molar-refractivity contribution is 7.45. The fourth-order valence-corrected chi connectivity index (χ4v) is 6.03. The second-order valence-corrected chi connectivity index (χ2v) is 16.5. The van der Waals surface area contributed by atoms with Gasteiger partial charge in [0, 0.05) is 12.8 Å². The maximum absolute atomic E-state index is 12.6. The van der Waals surface area contributed by atoms with E-state index in [9.17, 15) is 19.0 Å². The first kappa shape index (κ1) is 51.7. The van der Waals surface area contributed by atoms with E-state index < -0.39 is 32.5 Å². The van der Waals surface area contributed by atoms with Gasteiger partial charge in [-0.05, 0) is 57.8 Å². The van der Waals surface area contributed by atoms with E-state index in [1.165, 1.54) is 57.8 Å². The molecule has 0 N–H and O–H groups in total. The molecule has 2 atom stereocenters. The topological polar surface area (TPSA) is 111 Å². The van der Waals surface area contributed by atoms with Crippen molar-refractivity contribution < 1.29 is 42.1 Å². The predicted octanol–water partition coefficient (Wildman–Crippen LogP) is 11.1. The number of allylic oxidation sites excluding steroid dienone is 10. The van der Waals surface area contributed by atoms with Gasteiger partial charge in [-0.25, -0.2) is 0 Å². The fourth-order valence-electron chi connectivity index (χ4n) is 5.31. The number of esters is 2. The Hall–Kier alpha value is -2.29. The molecule has 10 heteroatoms. The number of phosphoric ester groups is 1. The molecule has 54 heavy (non-hydrogen) atoms. The third-order valence-electron chi connectivity index (χ3n) is 8.62. The van der Waals surface area contributed by atoms with Gasteiger partial charge in [-0.1, -0.05) is 145 Å². The second kappa shape index (κ2) is 36.4. The Morgan fingerprint density at radius 2 is 1.07 bits per heavy atom. The average molecular weight is 780 g/mol. The lowest BCUT2D eigenvalue weighted by Crippen LogP contribution is -2.37. The predicted molar refractivity (Wildman–Crippen MR) is 222 cm³/mol. The van der Waals surface area contributed by atoms with Crippen LogP contribution in [0, 0.1) is 0 Å². The molecule has 0 rings (SSSR count). The molecule has 9 nitrogen and oxygen atoms in total. The zero-order valence-electron chi connectivity index (χ0n) is 34.9. The third kappa shape index (κ3) is 39.4. The van der Waals surface area contributed by atoms with Crippen LogP contribution in [-0.4, -0.2) is 70.0 Å². The van der Waals surface area contributed by atoms with Crippen LogP contribution in [0.5, 0.6) is 0 Å². The lowest BCUT2D eigenvalue weighted by molar-refractivity contribution is -0.870. The van der Waals surface area contributed by atoms with Gasteiger partial charge < -0.3 is 27.9 Å². The van der Waals surface area contributed by atoms with Crippen LogP contribution in [0.25, 0.3) is 0 Å². The summed E-state index contributed by atoms with van der Waals surface area (Å²) in [4.78, 5) is 37.4. The van der Waals surface area contributed by atoms with E-state index >= 15 is 0 Å². The number of carbonyl (C=O) groups is 2. The van der Waals surface area contributed by atoms with Crippen molar-refractivity contribution in [1.29, 1.82) is 0 Å². The summed E-state index contributed by atoms with van der Waals surface area (Å²) in [5.41, 5.74) is 0. The number of rotatable bonds is 37. The molecule has 0 aliphatic carbocycles. The van der Waals surface area contributed by atoms with E-state index in [1.54, 1.807) is 0 Å². The number of hydrogen-bond acceptors (Lipinski definition) is 8. The molecule has 0 aliphatic rings. The van der Waals surface area contributed by atoms with Gasteiger partial charge in [-0.2, -0.15) is 0 Å². The van der Waals surface area contributed by atoms with Gasteiger partial charge in [0.2, 0.25) is 0 Å². The minimum Gasteiger partial charge on any atom is -0.756 e. The number of likely N-dealkylation sites (N-methyl/N-ethyl adjacent to an activating group) is 1. The number of carbonyl (C=O) groups excluding carboxylic acids is 2. The zero-order valence-corrected chi connectivity index (χ0v) is 35.8. The normalized spacial score (nSPS) is 14.3. The van der Waals surface area contributed by atoms with E-state index in [2.05, 4.69) is 44.2 Å². The van der Waals surface area contributed by atoms with Gasteiger partial charge in [-0.15, -0.1) is 0 Å². The Bertz CT molecular complexity index is 1110. The molecule has 0 heterocycles. The highest BCUT2D eigenvalue weighted by Crippen LogP contribution is 2.38. The first-order valence-electron chi connectivity index (χ1n) is 21.0. The minimum atomic E-state index is -4.64. The van der Waals surface area contributed by atoms with Gasteiger partial charge in [0.05, 0.1) is 27.7 Å².